The topological polar surface area (TPSA) is 52.9 Å². The van der Waals surface area contributed by atoms with E-state index in [1.54, 1.807) is 0 Å². The van der Waals surface area contributed by atoms with Gasteiger partial charge in [0.05, 0.1) is 6.07 Å². The van der Waals surface area contributed by atoms with Crippen LogP contribution in [0.5, 0.6) is 0 Å². The summed E-state index contributed by atoms with van der Waals surface area (Å²) in [4.78, 5) is 11.6. The molecule has 1 rings (SSSR count). The summed E-state index contributed by atoms with van der Waals surface area (Å²) in [5, 5.41) is 11.6. The third-order valence-corrected chi connectivity index (χ3v) is 2.88. The summed E-state index contributed by atoms with van der Waals surface area (Å²) in [6.45, 7) is 6.18. The number of hydrogen-bond donors (Lipinski definition) is 1. The second-order valence-electron chi connectivity index (χ2n) is 4.72. The molecule has 2 unspecified atom stereocenters. The molecule has 1 N–H and O–H groups in total. The molecule has 0 spiro atoms. The maximum atomic E-state index is 11.6. The highest BCUT2D eigenvalue weighted by molar-refractivity contribution is 5.82. The van der Waals surface area contributed by atoms with E-state index in [-0.39, 0.29) is 23.3 Å². The normalized spacial score (nSPS) is 24.9. The fourth-order valence-electron chi connectivity index (χ4n) is 1.64. The van der Waals surface area contributed by atoms with Crippen LogP contribution in [0.1, 0.15) is 40.0 Å². The SMILES string of the molecule is CCCC(C#N)NC(=O)C1CC1(C)C. The summed E-state index contributed by atoms with van der Waals surface area (Å²) in [7, 11) is 0. The lowest BCUT2D eigenvalue weighted by Gasteiger charge is -2.10. The molecule has 2 atom stereocenters. The first kappa shape index (κ1) is 11.0. The quantitative estimate of drug-likeness (QED) is 0.742. The van der Waals surface area contributed by atoms with Crippen LogP contribution in [0, 0.1) is 22.7 Å². The number of carbonyl (C=O) groups excluding carboxylic acids is 1. The first-order chi connectivity index (χ1) is 6.51. The maximum Gasteiger partial charge on any atom is 0.224 e. The summed E-state index contributed by atoms with van der Waals surface area (Å²) in [5.41, 5.74) is 0.149. The van der Waals surface area contributed by atoms with E-state index in [9.17, 15) is 4.79 Å². The van der Waals surface area contributed by atoms with E-state index in [4.69, 9.17) is 5.26 Å². The number of nitrogens with one attached hydrogen (secondary N) is 1. The highest BCUT2D eigenvalue weighted by Crippen LogP contribution is 2.51. The Bertz CT molecular complexity index is 265. The molecular weight excluding hydrogens is 176 g/mol. The van der Waals surface area contributed by atoms with Crippen LogP contribution in [-0.2, 0) is 4.79 Å². The lowest BCUT2D eigenvalue weighted by molar-refractivity contribution is -0.123. The van der Waals surface area contributed by atoms with Gasteiger partial charge < -0.3 is 5.32 Å². The van der Waals surface area contributed by atoms with Gasteiger partial charge in [-0.2, -0.15) is 5.26 Å². The number of hydrogen-bond acceptors (Lipinski definition) is 2. The number of amides is 1. The average molecular weight is 194 g/mol. The summed E-state index contributed by atoms with van der Waals surface area (Å²) >= 11 is 0. The molecule has 3 heteroatoms. The zero-order valence-electron chi connectivity index (χ0n) is 9.13. The first-order valence-electron chi connectivity index (χ1n) is 5.21. The molecule has 0 aliphatic heterocycles. The molecule has 1 saturated carbocycles. The molecule has 1 aliphatic carbocycles. The Kier molecular flexibility index (Phi) is 3.15. The van der Waals surface area contributed by atoms with E-state index in [1.807, 2.05) is 6.92 Å². The predicted molar refractivity (Wildman–Crippen MR) is 54.3 cm³/mol. The Labute approximate surface area is 85.5 Å². The number of carbonyl (C=O) groups is 1. The molecule has 0 bridgehead atoms. The van der Waals surface area contributed by atoms with Gasteiger partial charge in [-0.25, -0.2) is 0 Å². The van der Waals surface area contributed by atoms with Gasteiger partial charge in [0.1, 0.15) is 6.04 Å². The van der Waals surface area contributed by atoms with Gasteiger partial charge in [-0.1, -0.05) is 27.2 Å². The minimum absolute atomic E-state index is 0.0509. The molecule has 0 saturated heterocycles. The highest BCUT2D eigenvalue weighted by atomic mass is 16.2. The van der Waals surface area contributed by atoms with Gasteiger partial charge in [-0.3, -0.25) is 4.79 Å². The van der Waals surface area contributed by atoms with Crippen molar-refractivity contribution in [3.63, 3.8) is 0 Å². The molecule has 3 nitrogen and oxygen atoms in total. The van der Waals surface area contributed by atoms with Gasteiger partial charge in [0.2, 0.25) is 5.91 Å². The molecule has 0 heterocycles. The monoisotopic (exact) mass is 194 g/mol. The van der Waals surface area contributed by atoms with Crippen molar-refractivity contribution in [3.05, 3.63) is 0 Å². The van der Waals surface area contributed by atoms with Crippen molar-refractivity contribution >= 4 is 5.91 Å². The first-order valence-corrected chi connectivity index (χ1v) is 5.21. The summed E-state index contributed by atoms with van der Waals surface area (Å²) in [6, 6.07) is 1.81. The zero-order chi connectivity index (χ0) is 10.8. The second kappa shape index (κ2) is 4.00. The van der Waals surface area contributed by atoms with Gasteiger partial charge >= 0.3 is 0 Å². The van der Waals surface area contributed by atoms with E-state index < -0.39 is 0 Å². The minimum atomic E-state index is -0.302. The molecule has 1 fully saturated rings. The molecule has 0 aromatic heterocycles. The van der Waals surface area contributed by atoms with Crippen LogP contribution in [-0.4, -0.2) is 11.9 Å². The predicted octanol–water partition coefficient (Wildman–Crippen LogP) is 1.84. The highest BCUT2D eigenvalue weighted by Gasteiger charge is 2.50. The standard InChI is InChI=1S/C11H18N2O/c1-4-5-8(7-12)13-10(14)9-6-11(9,2)3/h8-9H,4-6H2,1-3H3,(H,13,14). The molecule has 0 aromatic rings. The summed E-state index contributed by atoms with van der Waals surface area (Å²) in [5.74, 6) is 0.171. The van der Waals surface area contributed by atoms with Gasteiger partial charge in [0, 0.05) is 5.92 Å². The van der Waals surface area contributed by atoms with Crippen molar-refractivity contribution in [2.45, 2.75) is 46.1 Å². The van der Waals surface area contributed by atoms with Crippen LogP contribution in [0.25, 0.3) is 0 Å². The maximum absolute atomic E-state index is 11.6. The van der Waals surface area contributed by atoms with Crippen molar-refractivity contribution in [2.75, 3.05) is 0 Å². The molecule has 14 heavy (non-hydrogen) atoms. The fraction of sp³-hybridized carbons (Fsp3) is 0.818. The fourth-order valence-corrected chi connectivity index (χ4v) is 1.64. The van der Waals surface area contributed by atoms with Gasteiger partial charge in [0.25, 0.3) is 0 Å². The van der Waals surface area contributed by atoms with Crippen molar-refractivity contribution in [1.29, 1.82) is 5.26 Å². The lowest BCUT2D eigenvalue weighted by Crippen LogP contribution is -2.35. The summed E-state index contributed by atoms with van der Waals surface area (Å²) < 4.78 is 0. The average Bonchev–Trinajstić information content (AvgIpc) is 2.74. The zero-order valence-corrected chi connectivity index (χ0v) is 9.13. The van der Waals surface area contributed by atoms with Crippen LogP contribution in [0.4, 0.5) is 0 Å². The van der Waals surface area contributed by atoms with Crippen molar-refractivity contribution < 1.29 is 4.79 Å². The van der Waals surface area contributed by atoms with E-state index in [1.165, 1.54) is 0 Å². The number of rotatable bonds is 4. The molecule has 1 aliphatic rings. The lowest BCUT2D eigenvalue weighted by atomic mass is 10.1. The van der Waals surface area contributed by atoms with Gasteiger partial charge in [-0.15, -0.1) is 0 Å². The smallest absolute Gasteiger partial charge is 0.224 e. The molecule has 0 radical (unpaired) electrons. The van der Waals surface area contributed by atoms with E-state index >= 15 is 0 Å². The van der Waals surface area contributed by atoms with Crippen molar-refractivity contribution in [1.82, 2.24) is 5.32 Å². The Hall–Kier alpha value is -1.04. The van der Waals surface area contributed by atoms with Gasteiger partial charge in [0.15, 0.2) is 0 Å². The molecule has 78 valence electrons. The van der Waals surface area contributed by atoms with E-state index in [2.05, 4.69) is 25.2 Å². The van der Waals surface area contributed by atoms with Crippen LogP contribution in [0.15, 0.2) is 0 Å². The van der Waals surface area contributed by atoms with Crippen molar-refractivity contribution in [2.24, 2.45) is 11.3 Å². The molecule has 0 aromatic carbocycles. The van der Waals surface area contributed by atoms with Gasteiger partial charge in [-0.05, 0) is 18.3 Å². The Morgan fingerprint density at radius 3 is 2.64 bits per heavy atom. The van der Waals surface area contributed by atoms with Crippen LogP contribution in [0.2, 0.25) is 0 Å². The number of nitriles is 1. The van der Waals surface area contributed by atoms with Crippen LogP contribution < -0.4 is 5.32 Å². The molecular formula is C11H18N2O. The third-order valence-electron chi connectivity index (χ3n) is 2.88. The van der Waals surface area contributed by atoms with E-state index in [0.29, 0.717) is 0 Å². The van der Waals surface area contributed by atoms with Crippen LogP contribution in [0.3, 0.4) is 0 Å². The second-order valence-corrected chi connectivity index (χ2v) is 4.72. The Balaban J connectivity index is 2.38. The third kappa shape index (κ3) is 2.47. The van der Waals surface area contributed by atoms with E-state index in [0.717, 1.165) is 19.3 Å². The Morgan fingerprint density at radius 1 is 1.71 bits per heavy atom. The summed E-state index contributed by atoms with van der Waals surface area (Å²) in [6.07, 6.45) is 2.62. The largest absolute Gasteiger partial charge is 0.340 e. The van der Waals surface area contributed by atoms with Crippen molar-refractivity contribution in [3.8, 4) is 6.07 Å². The van der Waals surface area contributed by atoms with Crippen LogP contribution >= 0.6 is 0 Å². The number of nitrogens with zero attached hydrogens (tertiary/aromatic N) is 1. The Morgan fingerprint density at radius 2 is 2.29 bits per heavy atom. The molecule has 1 amide bonds. The minimum Gasteiger partial charge on any atom is -0.340 e.